The molecular weight excluding hydrogens is 442 g/mol. The van der Waals surface area contributed by atoms with E-state index in [9.17, 15) is 9.59 Å². The van der Waals surface area contributed by atoms with Gasteiger partial charge in [0.25, 0.3) is 5.91 Å². The fraction of sp³-hybridized carbons (Fsp3) is 0.214. The highest BCUT2D eigenvalue weighted by Gasteiger charge is 2.28. The van der Waals surface area contributed by atoms with Gasteiger partial charge in [-0.25, -0.2) is 0 Å². The van der Waals surface area contributed by atoms with Crippen LogP contribution in [0.25, 0.3) is 10.8 Å². The molecule has 2 heterocycles. The molecule has 1 aliphatic rings. The first kappa shape index (κ1) is 22.7. The minimum atomic E-state index is -0.338. The summed E-state index contributed by atoms with van der Waals surface area (Å²) >= 11 is 0. The van der Waals surface area contributed by atoms with Gasteiger partial charge in [-0.15, -0.1) is 0 Å². The first-order valence-electron chi connectivity index (χ1n) is 11.7. The number of primary amides is 1. The lowest BCUT2D eigenvalue weighted by Crippen LogP contribution is -2.39. The molecule has 3 aromatic carbocycles. The van der Waals surface area contributed by atoms with E-state index < -0.39 is 0 Å². The number of likely N-dealkylation sites (tertiary alicyclic amines) is 1. The molecule has 35 heavy (non-hydrogen) atoms. The van der Waals surface area contributed by atoms with Crippen molar-refractivity contribution in [1.29, 1.82) is 0 Å². The molecule has 0 radical (unpaired) electrons. The summed E-state index contributed by atoms with van der Waals surface area (Å²) in [5.74, 6) is 0.879. The molecule has 7 nitrogen and oxygen atoms in total. The second kappa shape index (κ2) is 10.0. The van der Waals surface area contributed by atoms with E-state index in [1.165, 1.54) is 0 Å². The number of carbonyl (C=O) groups is 2. The third kappa shape index (κ3) is 5.36. The average Bonchev–Trinajstić information content (AvgIpc) is 3.53. The molecule has 1 unspecified atom stereocenters. The molecule has 5 rings (SSSR count). The van der Waals surface area contributed by atoms with Gasteiger partial charge in [-0.05, 0) is 72.1 Å². The highest BCUT2D eigenvalue weighted by atomic mass is 16.5. The third-order valence-electron chi connectivity index (χ3n) is 6.25. The SMILES string of the molecule is NC(=O)C1CCCN1Cc1cccc(NC(=O)c2ccc(COc3ccc4ccccc4c3)o2)c1. The standard InChI is InChI=1S/C28H27N3O4/c29-27(32)25-9-4-14-31(25)17-19-5-3-8-22(15-19)30-28(33)26-13-12-24(35-26)18-34-23-11-10-20-6-1-2-7-21(20)16-23/h1-3,5-8,10-13,15-16,25H,4,9,14,17-18H2,(H2,29,32)(H,30,33). The number of amides is 2. The number of hydrogen-bond donors (Lipinski definition) is 2. The maximum absolute atomic E-state index is 12.7. The first-order chi connectivity index (χ1) is 17.0. The number of nitrogens with two attached hydrogens (primary N) is 1. The Labute approximate surface area is 203 Å². The summed E-state index contributed by atoms with van der Waals surface area (Å²) in [6, 6.07) is 24.7. The summed E-state index contributed by atoms with van der Waals surface area (Å²) in [5.41, 5.74) is 7.18. The molecule has 1 aliphatic heterocycles. The van der Waals surface area contributed by atoms with Crippen molar-refractivity contribution in [3.05, 3.63) is 95.9 Å². The van der Waals surface area contributed by atoms with Gasteiger partial charge in [0.05, 0.1) is 6.04 Å². The Hall–Kier alpha value is -4.10. The van der Waals surface area contributed by atoms with Crippen molar-refractivity contribution < 1.29 is 18.7 Å². The number of hydrogen-bond acceptors (Lipinski definition) is 5. The molecule has 2 amide bonds. The summed E-state index contributed by atoms with van der Waals surface area (Å²) in [4.78, 5) is 26.5. The van der Waals surface area contributed by atoms with E-state index in [0.29, 0.717) is 18.0 Å². The van der Waals surface area contributed by atoms with E-state index in [4.69, 9.17) is 14.9 Å². The lowest BCUT2D eigenvalue weighted by molar-refractivity contribution is -0.122. The number of fused-ring (bicyclic) bond motifs is 1. The van der Waals surface area contributed by atoms with Crippen LogP contribution in [0.3, 0.4) is 0 Å². The van der Waals surface area contributed by atoms with Crippen molar-refractivity contribution in [3.63, 3.8) is 0 Å². The van der Waals surface area contributed by atoms with E-state index in [1.807, 2.05) is 60.7 Å². The monoisotopic (exact) mass is 469 g/mol. The summed E-state index contributed by atoms with van der Waals surface area (Å²) in [5, 5.41) is 5.13. The van der Waals surface area contributed by atoms with Crippen LogP contribution in [-0.2, 0) is 17.9 Å². The topological polar surface area (TPSA) is 97.8 Å². The van der Waals surface area contributed by atoms with Gasteiger partial charge < -0.3 is 20.2 Å². The Morgan fingerprint density at radius 3 is 2.71 bits per heavy atom. The minimum absolute atomic E-state index is 0.209. The zero-order valence-corrected chi connectivity index (χ0v) is 19.3. The molecular formula is C28H27N3O4. The van der Waals surface area contributed by atoms with Gasteiger partial charge in [-0.2, -0.15) is 0 Å². The number of rotatable bonds is 8. The summed E-state index contributed by atoms with van der Waals surface area (Å²) < 4.78 is 11.6. The molecule has 3 N–H and O–H groups in total. The fourth-order valence-electron chi connectivity index (χ4n) is 4.50. The van der Waals surface area contributed by atoms with Gasteiger partial charge in [0.1, 0.15) is 18.1 Å². The molecule has 1 fully saturated rings. The Bertz CT molecular complexity index is 1360. The van der Waals surface area contributed by atoms with Crippen molar-refractivity contribution in [2.45, 2.75) is 32.0 Å². The van der Waals surface area contributed by atoms with Crippen molar-refractivity contribution in [2.24, 2.45) is 5.73 Å². The smallest absolute Gasteiger partial charge is 0.291 e. The second-order valence-electron chi connectivity index (χ2n) is 8.75. The largest absolute Gasteiger partial charge is 0.486 e. The van der Waals surface area contributed by atoms with Gasteiger partial charge in [-0.3, -0.25) is 14.5 Å². The Morgan fingerprint density at radius 1 is 1.00 bits per heavy atom. The van der Waals surface area contributed by atoms with Gasteiger partial charge in [-0.1, -0.05) is 42.5 Å². The van der Waals surface area contributed by atoms with Crippen LogP contribution in [0.15, 0.2) is 83.3 Å². The molecule has 1 saturated heterocycles. The van der Waals surface area contributed by atoms with Crippen LogP contribution >= 0.6 is 0 Å². The summed E-state index contributed by atoms with van der Waals surface area (Å²) in [6.45, 7) is 1.66. The Kier molecular flexibility index (Phi) is 6.50. The molecule has 0 aliphatic carbocycles. The molecule has 178 valence electrons. The van der Waals surface area contributed by atoms with Crippen LogP contribution < -0.4 is 15.8 Å². The van der Waals surface area contributed by atoms with Crippen LogP contribution in [-0.4, -0.2) is 29.3 Å². The Morgan fingerprint density at radius 2 is 1.86 bits per heavy atom. The van der Waals surface area contributed by atoms with E-state index >= 15 is 0 Å². The molecule has 0 bridgehead atoms. The van der Waals surface area contributed by atoms with Crippen LogP contribution in [0.1, 0.15) is 34.7 Å². The number of nitrogens with one attached hydrogen (secondary N) is 1. The molecule has 4 aromatic rings. The van der Waals surface area contributed by atoms with Crippen molar-refractivity contribution in [1.82, 2.24) is 4.90 Å². The van der Waals surface area contributed by atoms with Crippen molar-refractivity contribution in [2.75, 3.05) is 11.9 Å². The third-order valence-corrected chi connectivity index (χ3v) is 6.25. The van der Waals surface area contributed by atoms with Gasteiger partial charge in [0.15, 0.2) is 5.76 Å². The fourth-order valence-corrected chi connectivity index (χ4v) is 4.50. The average molecular weight is 470 g/mol. The number of nitrogens with zero attached hydrogens (tertiary/aromatic N) is 1. The van der Waals surface area contributed by atoms with E-state index in [1.54, 1.807) is 12.1 Å². The zero-order valence-electron chi connectivity index (χ0n) is 19.3. The van der Waals surface area contributed by atoms with E-state index in [0.717, 1.165) is 41.5 Å². The predicted octanol–water partition coefficient (Wildman–Crippen LogP) is 4.71. The number of anilines is 1. The predicted molar refractivity (Wildman–Crippen MR) is 134 cm³/mol. The zero-order chi connectivity index (χ0) is 24.2. The van der Waals surface area contributed by atoms with Gasteiger partial charge in [0.2, 0.25) is 5.91 Å². The number of ether oxygens (including phenoxy) is 1. The van der Waals surface area contributed by atoms with Crippen LogP contribution in [0.5, 0.6) is 5.75 Å². The van der Waals surface area contributed by atoms with Crippen LogP contribution in [0.2, 0.25) is 0 Å². The van der Waals surface area contributed by atoms with Crippen molar-refractivity contribution in [3.8, 4) is 5.75 Å². The minimum Gasteiger partial charge on any atom is -0.486 e. The van der Waals surface area contributed by atoms with Crippen LogP contribution in [0.4, 0.5) is 5.69 Å². The van der Waals surface area contributed by atoms with Crippen molar-refractivity contribution >= 4 is 28.3 Å². The Balaban J connectivity index is 1.19. The van der Waals surface area contributed by atoms with Crippen LogP contribution in [0, 0.1) is 0 Å². The van der Waals surface area contributed by atoms with Gasteiger partial charge >= 0.3 is 0 Å². The highest BCUT2D eigenvalue weighted by Crippen LogP contribution is 2.23. The number of benzene rings is 3. The lowest BCUT2D eigenvalue weighted by atomic mass is 10.1. The van der Waals surface area contributed by atoms with E-state index in [2.05, 4.69) is 16.3 Å². The number of carbonyl (C=O) groups excluding carboxylic acids is 2. The molecule has 1 aromatic heterocycles. The molecule has 0 saturated carbocycles. The summed E-state index contributed by atoms with van der Waals surface area (Å²) in [6.07, 6.45) is 1.74. The quantitative estimate of drug-likeness (QED) is 0.389. The highest BCUT2D eigenvalue weighted by molar-refractivity contribution is 6.02. The number of furan rings is 1. The molecule has 7 heteroatoms. The first-order valence-corrected chi connectivity index (χ1v) is 11.7. The normalized spacial score (nSPS) is 15.8. The maximum atomic E-state index is 12.7. The lowest BCUT2D eigenvalue weighted by Gasteiger charge is -2.22. The summed E-state index contributed by atoms with van der Waals surface area (Å²) in [7, 11) is 0. The maximum Gasteiger partial charge on any atom is 0.291 e. The molecule has 0 spiro atoms. The molecule has 1 atom stereocenters. The van der Waals surface area contributed by atoms with E-state index in [-0.39, 0.29) is 30.2 Å². The second-order valence-corrected chi connectivity index (χ2v) is 8.75. The van der Waals surface area contributed by atoms with Gasteiger partial charge in [0, 0.05) is 12.2 Å².